The zero-order valence-corrected chi connectivity index (χ0v) is 23.3. The maximum atomic E-state index is 12.5. The summed E-state index contributed by atoms with van der Waals surface area (Å²) in [6.45, 7) is 2.58. The summed E-state index contributed by atoms with van der Waals surface area (Å²) in [5.41, 5.74) is 1.64. The van der Waals surface area contributed by atoms with E-state index in [1.54, 1.807) is 12.1 Å². The summed E-state index contributed by atoms with van der Waals surface area (Å²) in [5.74, 6) is -1.28. The van der Waals surface area contributed by atoms with Crippen molar-refractivity contribution in [2.75, 3.05) is 32.4 Å². The lowest BCUT2D eigenvalue weighted by Crippen LogP contribution is -2.51. The minimum absolute atomic E-state index is 0.326. The summed E-state index contributed by atoms with van der Waals surface area (Å²) in [6.07, 6.45) is 16.5. The average molecular weight is 512 g/mol. The van der Waals surface area contributed by atoms with Crippen LogP contribution in [-0.2, 0) is 21.4 Å². The first-order valence-corrected chi connectivity index (χ1v) is 14.9. The molecule has 2 N–H and O–H groups in total. The Morgan fingerprint density at radius 2 is 1.34 bits per heavy atom. The summed E-state index contributed by atoms with van der Waals surface area (Å²) in [4.78, 5) is 11.0. The predicted molar refractivity (Wildman–Crippen MR) is 143 cm³/mol. The third-order valence-electron chi connectivity index (χ3n) is 6.03. The molecule has 7 nitrogen and oxygen atoms in total. The van der Waals surface area contributed by atoms with E-state index in [-0.39, 0.29) is 6.42 Å². The topological polar surface area (TPSA) is 98.3 Å². The molecule has 35 heavy (non-hydrogen) atoms. The molecular weight excluding hydrogens is 462 g/mol. The third kappa shape index (κ3) is 17.4. The van der Waals surface area contributed by atoms with Crippen molar-refractivity contribution in [2.24, 2.45) is 0 Å². The number of carboxylic acid groups (broad SMARTS) is 1. The first-order valence-electron chi connectivity index (χ1n) is 13.4. The SMILES string of the molecule is CCCCCCCCCCCCCCc1ccc(NS(=O)(=O)NC(CC(=O)[O-])C[N+](C)(C)C)cc1. The fourth-order valence-electron chi connectivity index (χ4n) is 4.32. The second-order valence-electron chi connectivity index (χ2n) is 10.8. The number of benzene rings is 1. The number of carbonyl (C=O) groups is 1. The van der Waals surface area contributed by atoms with Crippen molar-refractivity contribution in [1.82, 2.24) is 4.72 Å². The van der Waals surface area contributed by atoms with Gasteiger partial charge in [0.25, 0.3) is 10.2 Å². The van der Waals surface area contributed by atoms with E-state index in [0.717, 1.165) is 12.8 Å². The van der Waals surface area contributed by atoms with Gasteiger partial charge in [0.15, 0.2) is 0 Å². The zero-order chi connectivity index (χ0) is 26.2. The van der Waals surface area contributed by atoms with Gasteiger partial charge in [0.1, 0.15) is 0 Å². The number of hydrogen-bond donors (Lipinski definition) is 2. The molecule has 0 aliphatic heterocycles. The number of aryl methyl sites for hydroxylation is 1. The van der Waals surface area contributed by atoms with Crippen molar-refractivity contribution in [3.8, 4) is 0 Å². The molecule has 1 atom stereocenters. The molecule has 0 aliphatic rings. The molecule has 0 bridgehead atoms. The molecule has 1 aromatic carbocycles. The lowest BCUT2D eigenvalue weighted by Gasteiger charge is -2.29. The van der Waals surface area contributed by atoms with E-state index >= 15 is 0 Å². The molecule has 1 rings (SSSR count). The van der Waals surface area contributed by atoms with Crippen molar-refractivity contribution in [3.05, 3.63) is 29.8 Å². The highest BCUT2D eigenvalue weighted by Crippen LogP contribution is 2.16. The molecule has 8 heteroatoms. The van der Waals surface area contributed by atoms with Crippen LogP contribution in [0.3, 0.4) is 0 Å². The Kier molecular flexibility index (Phi) is 15.2. The summed E-state index contributed by atoms with van der Waals surface area (Å²) in [7, 11) is 1.72. The first kappa shape index (κ1) is 31.4. The Morgan fingerprint density at radius 1 is 0.857 bits per heavy atom. The van der Waals surface area contributed by atoms with Crippen LogP contribution in [0.2, 0.25) is 0 Å². The van der Waals surface area contributed by atoms with Gasteiger partial charge in [-0.25, -0.2) is 0 Å². The Morgan fingerprint density at radius 3 is 1.80 bits per heavy atom. The highest BCUT2D eigenvalue weighted by Gasteiger charge is 2.23. The van der Waals surface area contributed by atoms with Crippen molar-refractivity contribution in [1.29, 1.82) is 0 Å². The van der Waals surface area contributed by atoms with Crippen molar-refractivity contribution in [2.45, 2.75) is 103 Å². The van der Waals surface area contributed by atoms with E-state index in [2.05, 4.69) is 16.4 Å². The standard InChI is InChI=1S/C27H49N3O4S/c1-5-6-7-8-9-10-11-12-13-14-15-16-17-24-18-20-25(21-19-24)28-35(33,34)29-26(22-27(31)32)23-30(2,3)4/h18-21,26,28-29H,5-17,22-23H2,1-4H3. The van der Waals surface area contributed by atoms with E-state index in [1.165, 1.54) is 76.2 Å². The number of carbonyl (C=O) groups excluding carboxylic acids is 1. The van der Waals surface area contributed by atoms with Crippen LogP contribution >= 0.6 is 0 Å². The van der Waals surface area contributed by atoms with Crippen molar-refractivity contribution >= 4 is 21.9 Å². The second kappa shape index (κ2) is 16.9. The van der Waals surface area contributed by atoms with E-state index in [0.29, 0.717) is 16.7 Å². The largest absolute Gasteiger partial charge is 0.550 e. The van der Waals surface area contributed by atoms with Crippen LogP contribution < -0.4 is 14.6 Å². The van der Waals surface area contributed by atoms with E-state index in [4.69, 9.17) is 0 Å². The van der Waals surface area contributed by atoms with Gasteiger partial charge in [0.05, 0.1) is 33.7 Å². The van der Waals surface area contributed by atoms with E-state index in [9.17, 15) is 18.3 Å². The summed E-state index contributed by atoms with van der Waals surface area (Å²) >= 11 is 0. The van der Waals surface area contributed by atoms with Crippen molar-refractivity contribution in [3.63, 3.8) is 0 Å². The van der Waals surface area contributed by atoms with Crippen LogP contribution in [-0.4, -0.2) is 52.6 Å². The summed E-state index contributed by atoms with van der Waals surface area (Å²) in [5, 5.41) is 11.0. The van der Waals surface area contributed by atoms with Gasteiger partial charge in [-0.3, -0.25) is 4.72 Å². The third-order valence-corrected chi connectivity index (χ3v) is 7.18. The lowest BCUT2D eigenvalue weighted by atomic mass is 10.0. The van der Waals surface area contributed by atoms with Gasteiger partial charge in [0, 0.05) is 18.1 Å². The number of likely N-dealkylation sites (N-methyl/N-ethyl adjacent to an activating group) is 1. The molecule has 202 valence electrons. The molecule has 0 heterocycles. The number of hydrogen-bond acceptors (Lipinski definition) is 4. The van der Waals surface area contributed by atoms with Crippen LogP contribution in [0.25, 0.3) is 0 Å². The van der Waals surface area contributed by atoms with Gasteiger partial charge in [-0.1, -0.05) is 89.7 Å². The van der Waals surface area contributed by atoms with Gasteiger partial charge in [-0.15, -0.1) is 0 Å². The number of aliphatic carboxylic acids is 1. The number of rotatable bonds is 21. The van der Waals surface area contributed by atoms with Crippen LogP contribution in [0, 0.1) is 0 Å². The summed E-state index contributed by atoms with van der Waals surface area (Å²) in [6, 6.07) is 6.63. The van der Waals surface area contributed by atoms with Gasteiger partial charge in [-0.2, -0.15) is 13.1 Å². The average Bonchev–Trinajstić information content (AvgIpc) is 2.73. The number of nitrogens with one attached hydrogen (secondary N) is 2. The normalized spacial score (nSPS) is 13.0. The molecule has 1 aromatic rings. The molecule has 0 spiro atoms. The molecule has 0 amide bonds. The van der Waals surface area contributed by atoms with Gasteiger partial charge >= 0.3 is 0 Å². The first-order chi connectivity index (χ1) is 16.5. The maximum Gasteiger partial charge on any atom is 0.299 e. The molecule has 0 fully saturated rings. The molecule has 0 saturated carbocycles. The summed E-state index contributed by atoms with van der Waals surface area (Å²) < 4.78 is 30.4. The predicted octanol–water partition coefficient (Wildman–Crippen LogP) is 4.39. The monoisotopic (exact) mass is 511 g/mol. The molecule has 1 unspecified atom stereocenters. The second-order valence-corrected chi connectivity index (χ2v) is 12.3. The zero-order valence-electron chi connectivity index (χ0n) is 22.5. The van der Waals surface area contributed by atoms with Gasteiger partial charge < -0.3 is 14.4 Å². The highest BCUT2D eigenvalue weighted by atomic mass is 32.2. The van der Waals surface area contributed by atoms with Crippen LogP contribution in [0.15, 0.2) is 24.3 Å². The minimum atomic E-state index is -3.91. The van der Waals surface area contributed by atoms with Gasteiger partial charge in [-0.05, 0) is 30.5 Å². The quantitative estimate of drug-likeness (QED) is 0.189. The van der Waals surface area contributed by atoms with Crippen LogP contribution in [0.4, 0.5) is 5.69 Å². The van der Waals surface area contributed by atoms with Crippen LogP contribution in [0.1, 0.15) is 96.0 Å². The Hall–Kier alpha value is -1.64. The molecule has 0 aromatic heterocycles. The van der Waals surface area contributed by atoms with E-state index < -0.39 is 22.2 Å². The Balaban J connectivity index is 2.30. The number of nitrogens with zero attached hydrogens (tertiary/aromatic N) is 1. The number of unbranched alkanes of at least 4 members (excludes halogenated alkanes) is 11. The number of anilines is 1. The molecular formula is C27H49N3O4S. The van der Waals surface area contributed by atoms with Crippen molar-refractivity contribution < 1.29 is 22.8 Å². The number of quaternary nitrogens is 1. The molecule has 0 saturated heterocycles. The smallest absolute Gasteiger partial charge is 0.299 e. The fourth-order valence-corrected chi connectivity index (χ4v) is 5.42. The van der Waals surface area contributed by atoms with Gasteiger partial charge in [0.2, 0.25) is 0 Å². The Labute approximate surface area is 214 Å². The number of carboxylic acids is 1. The Bertz CT molecular complexity index is 805. The van der Waals surface area contributed by atoms with Crippen LogP contribution in [0.5, 0.6) is 0 Å². The lowest BCUT2D eigenvalue weighted by molar-refractivity contribution is -0.871. The minimum Gasteiger partial charge on any atom is -0.550 e. The highest BCUT2D eigenvalue weighted by molar-refractivity contribution is 7.90. The van der Waals surface area contributed by atoms with E-state index in [1.807, 2.05) is 33.3 Å². The molecule has 0 aliphatic carbocycles. The molecule has 0 radical (unpaired) electrons. The maximum absolute atomic E-state index is 12.5. The fraction of sp³-hybridized carbons (Fsp3) is 0.741.